The van der Waals surface area contributed by atoms with Crippen LogP contribution in [0.15, 0.2) is 12.2 Å². The summed E-state index contributed by atoms with van der Waals surface area (Å²) in [5, 5.41) is 0. The van der Waals surface area contributed by atoms with Crippen molar-refractivity contribution >= 4 is 17.9 Å². The van der Waals surface area contributed by atoms with Crippen LogP contribution in [0, 0.1) is 0 Å². The number of rotatable bonds is 62. The highest BCUT2D eigenvalue weighted by Crippen LogP contribution is 2.18. The number of hydrogen-bond donors (Lipinski definition) is 0. The normalized spacial score (nSPS) is 12.0. The lowest BCUT2D eigenvalue weighted by molar-refractivity contribution is -0.167. The van der Waals surface area contributed by atoms with E-state index in [1.165, 1.54) is 276 Å². The first-order valence-electron chi connectivity index (χ1n) is 33.2. The lowest BCUT2D eigenvalue weighted by Crippen LogP contribution is -2.30. The van der Waals surface area contributed by atoms with Gasteiger partial charge in [0.15, 0.2) is 6.10 Å². The van der Waals surface area contributed by atoms with Gasteiger partial charge < -0.3 is 14.2 Å². The maximum atomic E-state index is 12.9. The third kappa shape index (κ3) is 60.9. The van der Waals surface area contributed by atoms with Crippen LogP contribution in [-0.4, -0.2) is 37.2 Å². The van der Waals surface area contributed by atoms with Crippen LogP contribution in [0.2, 0.25) is 0 Å². The largest absolute Gasteiger partial charge is 0.462 e. The molecule has 6 heteroatoms. The molecule has 0 aromatic heterocycles. The Morgan fingerprint density at radius 1 is 0.260 bits per heavy atom. The van der Waals surface area contributed by atoms with E-state index in [2.05, 4.69) is 32.9 Å². The van der Waals surface area contributed by atoms with Crippen LogP contribution < -0.4 is 0 Å². The minimum absolute atomic E-state index is 0.0670. The molecule has 0 amide bonds. The van der Waals surface area contributed by atoms with E-state index in [0.717, 1.165) is 64.2 Å². The molecule has 73 heavy (non-hydrogen) atoms. The third-order valence-corrected chi connectivity index (χ3v) is 15.3. The van der Waals surface area contributed by atoms with E-state index in [0.29, 0.717) is 19.3 Å². The molecule has 0 aromatic carbocycles. The highest BCUT2D eigenvalue weighted by atomic mass is 16.6. The van der Waals surface area contributed by atoms with Crippen molar-refractivity contribution in [2.75, 3.05) is 13.2 Å². The lowest BCUT2D eigenvalue weighted by Gasteiger charge is -2.18. The first-order valence-corrected chi connectivity index (χ1v) is 33.2. The molecule has 0 saturated carbocycles. The Hall–Kier alpha value is -1.85. The molecular weight excluding hydrogens is 901 g/mol. The van der Waals surface area contributed by atoms with Gasteiger partial charge in [0.2, 0.25) is 0 Å². The minimum Gasteiger partial charge on any atom is -0.462 e. The van der Waals surface area contributed by atoms with Crippen molar-refractivity contribution in [3.8, 4) is 0 Å². The predicted molar refractivity (Wildman–Crippen MR) is 317 cm³/mol. The van der Waals surface area contributed by atoms with Crippen LogP contribution in [0.25, 0.3) is 0 Å². The summed E-state index contributed by atoms with van der Waals surface area (Å²) in [6.07, 6.45) is 73.8. The summed E-state index contributed by atoms with van der Waals surface area (Å²) < 4.78 is 16.9. The minimum atomic E-state index is -0.769. The van der Waals surface area contributed by atoms with Crippen LogP contribution in [-0.2, 0) is 28.6 Å². The quantitative estimate of drug-likeness (QED) is 0.0261. The molecule has 0 fully saturated rings. The number of unbranched alkanes of at least 4 members (excludes halogenated alkanes) is 49. The first-order chi connectivity index (χ1) is 36.0. The fraction of sp³-hybridized carbons (Fsp3) is 0.925. The van der Waals surface area contributed by atoms with Gasteiger partial charge in [-0.05, 0) is 44.9 Å². The molecule has 0 aliphatic rings. The monoisotopic (exact) mass is 1030 g/mol. The van der Waals surface area contributed by atoms with E-state index in [9.17, 15) is 14.4 Å². The van der Waals surface area contributed by atoms with Gasteiger partial charge in [-0.1, -0.05) is 328 Å². The zero-order valence-corrected chi connectivity index (χ0v) is 49.7. The van der Waals surface area contributed by atoms with Crippen molar-refractivity contribution in [3.63, 3.8) is 0 Å². The van der Waals surface area contributed by atoms with Crippen LogP contribution in [0.1, 0.15) is 380 Å². The Kier molecular flexibility index (Phi) is 61.1. The maximum Gasteiger partial charge on any atom is 0.306 e. The fourth-order valence-electron chi connectivity index (χ4n) is 10.3. The molecule has 0 heterocycles. The van der Waals surface area contributed by atoms with Crippen LogP contribution in [0.4, 0.5) is 0 Å². The zero-order chi connectivity index (χ0) is 52.9. The smallest absolute Gasteiger partial charge is 0.306 e. The third-order valence-electron chi connectivity index (χ3n) is 15.3. The zero-order valence-electron chi connectivity index (χ0n) is 49.7. The number of allylic oxidation sites excluding steroid dienone is 2. The summed E-state index contributed by atoms with van der Waals surface area (Å²) in [7, 11) is 0. The van der Waals surface area contributed by atoms with Gasteiger partial charge in [0, 0.05) is 19.3 Å². The van der Waals surface area contributed by atoms with Crippen molar-refractivity contribution < 1.29 is 28.6 Å². The van der Waals surface area contributed by atoms with Crippen LogP contribution in [0.3, 0.4) is 0 Å². The Labute approximate surface area is 456 Å². The standard InChI is InChI=1S/C67H128O6/c1-4-7-10-13-16-19-22-25-27-29-30-31-32-33-34-35-36-37-38-39-41-42-45-48-51-54-57-60-66(69)72-63-64(62-71-65(68)59-56-53-50-47-44-24-21-18-15-12-9-6-3)73-67(70)61-58-55-52-49-46-43-40-28-26-23-20-17-14-11-8-5-2/h28,40,64H,4-27,29-39,41-63H2,1-3H3/b40-28-. The van der Waals surface area contributed by atoms with Crippen molar-refractivity contribution in [2.24, 2.45) is 0 Å². The van der Waals surface area contributed by atoms with Gasteiger partial charge in [0.1, 0.15) is 13.2 Å². The average molecular weight is 1030 g/mol. The van der Waals surface area contributed by atoms with E-state index in [-0.39, 0.29) is 31.1 Å². The van der Waals surface area contributed by atoms with Crippen molar-refractivity contribution in [1.29, 1.82) is 0 Å². The summed E-state index contributed by atoms with van der Waals surface area (Å²) in [5.74, 6) is -0.846. The second kappa shape index (κ2) is 62.7. The first kappa shape index (κ1) is 71.2. The van der Waals surface area contributed by atoms with Gasteiger partial charge in [-0.2, -0.15) is 0 Å². The Bertz CT molecular complexity index is 1130. The van der Waals surface area contributed by atoms with Crippen molar-refractivity contribution in [2.45, 2.75) is 386 Å². The summed E-state index contributed by atoms with van der Waals surface area (Å²) in [6, 6.07) is 0. The SMILES string of the molecule is CCCCCCCCC/C=C\CCCCCCCC(=O)OC(COC(=O)CCCCCCCCCCCCCC)COC(=O)CCCCCCCCCCCCCCCCCCCCCCCCCCCCC. The summed E-state index contributed by atoms with van der Waals surface area (Å²) >= 11 is 0. The van der Waals surface area contributed by atoms with Gasteiger partial charge in [0.25, 0.3) is 0 Å². The second-order valence-electron chi connectivity index (χ2n) is 22.7. The van der Waals surface area contributed by atoms with Crippen molar-refractivity contribution in [3.05, 3.63) is 12.2 Å². The molecule has 0 saturated heterocycles. The van der Waals surface area contributed by atoms with E-state index >= 15 is 0 Å². The number of carbonyl (C=O) groups excluding carboxylic acids is 3. The Morgan fingerprint density at radius 2 is 0.452 bits per heavy atom. The van der Waals surface area contributed by atoms with E-state index in [4.69, 9.17) is 14.2 Å². The van der Waals surface area contributed by atoms with E-state index in [1.54, 1.807) is 0 Å². The molecule has 0 rings (SSSR count). The van der Waals surface area contributed by atoms with E-state index < -0.39 is 6.10 Å². The molecule has 432 valence electrons. The second-order valence-corrected chi connectivity index (χ2v) is 22.7. The predicted octanol–water partition coefficient (Wildman–Crippen LogP) is 22.4. The molecule has 0 aromatic rings. The Morgan fingerprint density at radius 3 is 0.685 bits per heavy atom. The highest BCUT2D eigenvalue weighted by molar-refractivity contribution is 5.71. The van der Waals surface area contributed by atoms with E-state index in [1.807, 2.05) is 0 Å². The topological polar surface area (TPSA) is 78.9 Å². The maximum absolute atomic E-state index is 12.9. The van der Waals surface area contributed by atoms with Gasteiger partial charge in [-0.3, -0.25) is 14.4 Å². The molecule has 0 bridgehead atoms. The van der Waals surface area contributed by atoms with Crippen LogP contribution >= 0.6 is 0 Å². The summed E-state index contributed by atoms with van der Waals surface area (Å²) in [4.78, 5) is 38.2. The number of ether oxygens (including phenoxy) is 3. The van der Waals surface area contributed by atoms with Crippen molar-refractivity contribution in [1.82, 2.24) is 0 Å². The number of esters is 3. The van der Waals surface area contributed by atoms with Gasteiger partial charge in [-0.15, -0.1) is 0 Å². The molecule has 1 unspecified atom stereocenters. The molecule has 1 atom stereocenters. The van der Waals surface area contributed by atoms with Crippen LogP contribution in [0.5, 0.6) is 0 Å². The van der Waals surface area contributed by atoms with Gasteiger partial charge in [0.05, 0.1) is 0 Å². The molecule has 0 aliphatic heterocycles. The van der Waals surface area contributed by atoms with Gasteiger partial charge >= 0.3 is 17.9 Å². The lowest BCUT2D eigenvalue weighted by atomic mass is 10.0. The molecule has 0 aliphatic carbocycles. The fourth-order valence-corrected chi connectivity index (χ4v) is 10.3. The highest BCUT2D eigenvalue weighted by Gasteiger charge is 2.19. The average Bonchev–Trinajstić information content (AvgIpc) is 3.39. The molecular formula is C67H128O6. The summed E-state index contributed by atoms with van der Waals surface area (Å²) in [5.41, 5.74) is 0. The molecule has 0 radical (unpaired) electrons. The van der Waals surface area contributed by atoms with Gasteiger partial charge in [-0.25, -0.2) is 0 Å². The molecule has 6 nitrogen and oxygen atoms in total. The number of carbonyl (C=O) groups is 3. The Balaban J connectivity index is 4.15. The number of hydrogen-bond acceptors (Lipinski definition) is 6. The molecule has 0 spiro atoms. The molecule has 0 N–H and O–H groups in total. The summed E-state index contributed by atoms with van der Waals surface area (Å²) in [6.45, 7) is 6.70.